The van der Waals surface area contributed by atoms with E-state index in [1.165, 1.54) is 6.07 Å². The van der Waals surface area contributed by atoms with Crippen LogP contribution in [0.25, 0.3) is 0 Å². The Bertz CT molecular complexity index is 667. The molecule has 0 amide bonds. The molecule has 8 nitrogen and oxygen atoms in total. The summed E-state index contributed by atoms with van der Waals surface area (Å²) in [5.74, 6) is 0. The van der Waals surface area contributed by atoms with Gasteiger partial charge in [0.25, 0.3) is 5.69 Å². The Morgan fingerprint density at radius 3 is 1.96 bits per heavy atom. The molecule has 142 valence electrons. The predicted molar refractivity (Wildman–Crippen MR) is 105 cm³/mol. The topological polar surface area (TPSA) is 112 Å². The maximum Gasteiger partial charge on any atom is 0.292 e. The Morgan fingerprint density at radius 2 is 1.42 bits per heavy atom. The number of nitro groups is 1. The van der Waals surface area contributed by atoms with Crippen LogP contribution in [-0.4, -0.2) is 45.4 Å². The molecule has 2 aromatic rings. The molecule has 0 heterocycles. The van der Waals surface area contributed by atoms with Gasteiger partial charge in [-0.1, -0.05) is 24.3 Å². The summed E-state index contributed by atoms with van der Waals surface area (Å²) in [5.41, 5.74) is 8.05. The van der Waals surface area contributed by atoms with Gasteiger partial charge in [0, 0.05) is 33.4 Å². The van der Waals surface area contributed by atoms with Gasteiger partial charge in [-0.15, -0.1) is 0 Å². The van der Waals surface area contributed by atoms with Crippen LogP contribution in [0.2, 0.25) is 0 Å². The number of hydrogen-bond donors (Lipinski definition) is 3. The van der Waals surface area contributed by atoms with Gasteiger partial charge in [0.05, 0.1) is 29.5 Å². The number of nitrogens with zero attached hydrogens (tertiary/aromatic N) is 1. The second-order valence-electron chi connectivity index (χ2n) is 5.20. The number of anilines is 3. The Morgan fingerprint density at radius 1 is 0.923 bits per heavy atom. The Hall–Kier alpha value is -2.84. The minimum absolute atomic E-state index is 0.0867. The fourth-order valence-electron chi connectivity index (χ4n) is 2.02. The SMILES string of the molecule is COCCNc1ccccc1N.COCCNc1ccccc1[N+](=O)[O-]. The van der Waals surface area contributed by atoms with E-state index in [1.54, 1.807) is 32.4 Å². The molecule has 26 heavy (non-hydrogen) atoms. The third-order valence-corrected chi connectivity index (χ3v) is 3.30. The molecule has 8 heteroatoms. The molecular weight excluding hydrogens is 336 g/mol. The van der Waals surface area contributed by atoms with E-state index < -0.39 is 4.92 Å². The monoisotopic (exact) mass is 362 g/mol. The number of nitrogens with one attached hydrogen (secondary N) is 2. The van der Waals surface area contributed by atoms with E-state index in [9.17, 15) is 10.1 Å². The van der Waals surface area contributed by atoms with E-state index >= 15 is 0 Å². The average Bonchev–Trinajstić information content (AvgIpc) is 2.64. The summed E-state index contributed by atoms with van der Waals surface area (Å²) in [4.78, 5) is 10.2. The second-order valence-corrected chi connectivity index (χ2v) is 5.20. The van der Waals surface area contributed by atoms with Crippen LogP contribution in [-0.2, 0) is 9.47 Å². The van der Waals surface area contributed by atoms with Crippen LogP contribution >= 0.6 is 0 Å². The highest BCUT2D eigenvalue weighted by Crippen LogP contribution is 2.22. The normalized spacial score (nSPS) is 9.77. The first-order chi connectivity index (χ1) is 12.6. The van der Waals surface area contributed by atoms with Crippen LogP contribution < -0.4 is 16.4 Å². The van der Waals surface area contributed by atoms with E-state index in [1.807, 2.05) is 24.3 Å². The first-order valence-corrected chi connectivity index (χ1v) is 8.13. The lowest BCUT2D eigenvalue weighted by Crippen LogP contribution is -2.08. The van der Waals surface area contributed by atoms with E-state index in [0.717, 1.165) is 17.9 Å². The van der Waals surface area contributed by atoms with E-state index in [-0.39, 0.29) is 5.69 Å². The van der Waals surface area contributed by atoms with Crippen LogP contribution in [0.3, 0.4) is 0 Å². The van der Waals surface area contributed by atoms with Gasteiger partial charge in [0.15, 0.2) is 0 Å². The molecule has 0 aliphatic heterocycles. The third-order valence-electron chi connectivity index (χ3n) is 3.30. The molecule has 4 N–H and O–H groups in total. The average molecular weight is 362 g/mol. The van der Waals surface area contributed by atoms with Gasteiger partial charge in [-0.3, -0.25) is 10.1 Å². The molecule has 0 saturated heterocycles. The smallest absolute Gasteiger partial charge is 0.292 e. The zero-order valence-corrected chi connectivity index (χ0v) is 15.1. The Kier molecular flexibility index (Phi) is 10.2. The lowest BCUT2D eigenvalue weighted by molar-refractivity contribution is -0.384. The summed E-state index contributed by atoms with van der Waals surface area (Å²) in [6.45, 7) is 2.55. The number of benzene rings is 2. The molecule has 0 spiro atoms. The van der Waals surface area contributed by atoms with E-state index in [4.69, 9.17) is 15.2 Å². The standard InChI is InChI=1S/C9H12N2O3.C9H14N2O/c1-14-7-6-10-8-4-2-3-5-9(8)11(12)13;1-12-7-6-11-9-5-3-2-4-8(9)10/h2-5,10H,6-7H2,1H3;2-5,11H,6-7,10H2,1H3. The zero-order chi connectivity index (χ0) is 19.2. The van der Waals surface area contributed by atoms with Crippen molar-refractivity contribution in [1.82, 2.24) is 0 Å². The molecule has 0 bridgehead atoms. The molecule has 0 aromatic heterocycles. The van der Waals surface area contributed by atoms with Gasteiger partial charge in [-0.05, 0) is 18.2 Å². The fraction of sp³-hybridized carbons (Fsp3) is 0.333. The molecule has 0 unspecified atom stereocenters. The van der Waals surface area contributed by atoms with Crippen molar-refractivity contribution in [1.29, 1.82) is 0 Å². The Balaban J connectivity index is 0.000000263. The molecular formula is C18H26N4O4. The molecule has 2 aromatic carbocycles. The summed E-state index contributed by atoms with van der Waals surface area (Å²) in [5, 5.41) is 16.7. The van der Waals surface area contributed by atoms with Gasteiger partial charge in [0.2, 0.25) is 0 Å². The number of nitrogens with two attached hydrogens (primary N) is 1. The highest BCUT2D eigenvalue weighted by atomic mass is 16.6. The third kappa shape index (κ3) is 7.82. The lowest BCUT2D eigenvalue weighted by atomic mass is 10.2. The van der Waals surface area contributed by atoms with E-state index in [2.05, 4.69) is 10.6 Å². The number of methoxy groups -OCH3 is 2. The van der Waals surface area contributed by atoms with Crippen LogP contribution in [0.4, 0.5) is 22.7 Å². The van der Waals surface area contributed by atoms with Gasteiger partial charge >= 0.3 is 0 Å². The summed E-state index contributed by atoms with van der Waals surface area (Å²) >= 11 is 0. The summed E-state index contributed by atoms with van der Waals surface area (Å²) < 4.78 is 9.73. The van der Waals surface area contributed by atoms with Crippen molar-refractivity contribution < 1.29 is 14.4 Å². The van der Waals surface area contributed by atoms with Crippen LogP contribution in [0.1, 0.15) is 0 Å². The summed E-state index contributed by atoms with van der Waals surface area (Å²) in [6.07, 6.45) is 0. The largest absolute Gasteiger partial charge is 0.397 e. The van der Waals surface area contributed by atoms with Gasteiger partial charge < -0.3 is 25.8 Å². The van der Waals surface area contributed by atoms with Crippen LogP contribution in [0, 0.1) is 10.1 Å². The second kappa shape index (κ2) is 12.5. The van der Waals surface area contributed by atoms with Crippen molar-refractivity contribution in [3.63, 3.8) is 0 Å². The van der Waals surface area contributed by atoms with Crippen molar-refractivity contribution in [3.8, 4) is 0 Å². The van der Waals surface area contributed by atoms with Crippen molar-refractivity contribution in [3.05, 3.63) is 58.6 Å². The molecule has 0 aliphatic carbocycles. The fourth-order valence-corrected chi connectivity index (χ4v) is 2.02. The zero-order valence-electron chi connectivity index (χ0n) is 15.1. The van der Waals surface area contributed by atoms with Crippen molar-refractivity contribution in [2.24, 2.45) is 0 Å². The quantitative estimate of drug-likeness (QED) is 0.272. The molecule has 0 aliphatic rings. The molecule has 2 rings (SSSR count). The van der Waals surface area contributed by atoms with Gasteiger partial charge in [-0.25, -0.2) is 0 Å². The van der Waals surface area contributed by atoms with Crippen molar-refractivity contribution in [2.45, 2.75) is 0 Å². The lowest BCUT2D eigenvalue weighted by Gasteiger charge is -2.07. The highest BCUT2D eigenvalue weighted by molar-refractivity contribution is 5.65. The van der Waals surface area contributed by atoms with Crippen LogP contribution in [0.5, 0.6) is 0 Å². The highest BCUT2D eigenvalue weighted by Gasteiger charge is 2.10. The summed E-state index contributed by atoms with van der Waals surface area (Å²) in [7, 11) is 3.26. The first-order valence-electron chi connectivity index (χ1n) is 8.13. The number of nitro benzene ring substituents is 1. The van der Waals surface area contributed by atoms with E-state index in [0.29, 0.717) is 25.4 Å². The molecule has 0 fully saturated rings. The number of ether oxygens (including phenoxy) is 2. The number of nitrogen functional groups attached to an aromatic ring is 1. The first kappa shape index (κ1) is 21.2. The van der Waals surface area contributed by atoms with Crippen molar-refractivity contribution >= 4 is 22.7 Å². The Labute approximate surface area is 153 Å². The molecule has 0 atom stereocenters. The number of hydrogen-bond acceptors (Lipinski definition) is 7. The van der Waals surface area contributed by atoms with Crippen molar-refractivity contribution in [2.75, 3.05) is 56.9 Å². The van der Waals surface area contributed by atoms with Gasteiger partial charge in [0.1, 0.15) is 5.69 Å². The molecule has 0 radical (unpaired) electrons. The van der Waals surface area contributed by atoms with Crippen LogP contribution in [0.15, 0.2) is 48.5 Å². The summed E-state index contributed by atoms with van der Waals surface area (Å²) in [6, 6.07) is 14.2. The number of para-hydroxylation sites is 4. The number of rotatable bonds is 9. The minimum atomic E-state index is -0.408. The maximum absolute atomic E-state index is 10.6. The molecule has 0 saturated carbocycles. The predicted octanol–water partition coefficient (Wildman–Crippen LogP) is 2.98. The minimum Gasteiger partial charge on any atom is -0.397 e. The maximum atomic E-state index is 10.6. The van der Waals surface area contributed by atoms with Gasteiger partial charge in [-0.2, -0.15) is 0 Å².